The highest BCUT2D eigenvalue weighted by Crippen LogP contribution is 2.15. The predicted molar refractivity (Wildman–Crippen MR) is 70.5 cm³/mol. The third-order valence-electron chi connectivity index (χ3n) is 3.21. The summed E-state index contributed by atoms with van der Waals surface area (Å²) in [7, 11) is 0. The van der Waals surface area contributed by atoms with Crippen LogP contribution in [0.2, 0.25) is 0 Å². The van der Waals surface area contributed by atoms with E-state index in [0.717, 1.165) is 43.9 Å². The van der Waals surface area contributed by atoms with E-state index in [2.05, 4.69) is 27.1 Å². The van der Waals surface area contributed by atoms with Gasteiger partial charge in [0.25, 0.3) is 0 Å². The number of piperidine rings is 1. The highest BCUT2D eigenvalue weighted by molar-refractivity contribution is 5.73. The number of hydrogen-bond donors (Lipinski definition) is 1. The van der Waals surface area contributed by atoms with Crippen LogP contribution in [0.5, 0.6) is 0 Å². The molecule has 5 nitrogen and oxygen atoms in total. The van der Waals surface area contributed by atoms with E-state index >= 15 is 0 Å². The van der Waals surface area contributed by atoms with Crippen molar-refractivity contribution in [2.24, 2.45) is 0 Å². The van der Waals surface area contributed by atoms with E-state index in [0.29, 0.717) is 0 Å². The average Bonchev–Trinajstić information content (AvgIpc) is 2.38. The van der Waals surface area contributed by atoms with Crippen LogP contribution in [0.25, 0.3) is 0 Å². The van der Waals surface area contributed by atoms with Gasteiger partial charge in [0, 0.05) is 38.4 Å². The van der Waals surface area contributed by atoms with Gasteiger partial charge in [-0.05, 0) is 24.8 Å². The summed E-state index contributed by atoms with van der Waals surface area (Å²) in [5.74, 6) is 0.798. The molecule has 2 rings (SSSR count). The predicted octanol–water partition coefficient (Wildman–Crippen LogP) is 1.14. The molecule has 1 unspecified atom stereocenters. The van der Waals surface area contributed by atoms with Crippen molar-refractivity contribution in [3.05, 3.63) is 18.0 Å². The molecule has 5 heteroatoms. The quantitative estimate of drug-likeness (QED) is 0.871. The van der Waals surface area contributed by atoms with E-state index < -0.39 is 0 Å². The molecule has 98 valence electrons. The number of aromatic nitrogens is 2. The normalized spacial score (nSPS) is 19.7. The zero-order valence-electron chi connectivity index (χ0n) is 11.0. The molecule has 1 amide bonds. The molecule has 2 heterocycles. The lowest BCUT2D eigenvalue weighted by atomic mass is 10.1. The lowest BCUT2D eigenvalue weighted by molar-refractivity contribution is -0.119. The summed E-state index contributed by atoms with van der Waals surface area (Å²) in [5.41, 5.74) is 1.15. The Hall–Kier alpha value is -1.65. The SMILES string of the molecule is CCc1cnc(N2CCCC(NC(C)=O)C2)nc1. The van der Waals surface area contributed by atoms with Crippen molar-refractivity contribution in [1.82, 2.24) is 15.3 Å². The summed E-state index contributed by atoms with van der Waals surface area (Å²) >= 11 is 0. The Morgan fingerprint density at radius 3 is 2.83 bits per heavy atom. The first-order valence-corrected chi connectivity index (χ1v) is 6.52. The fourth-order valence-electron chi connectivity index (χ4n) is 2.26. The number of amides is 1. The lowest BCUT2D eigenvalue weighted by Crippen LogP contribution is -2.47. The van der Waals surface area contributed by atoms with Gasteiger partial charge in [-0.15, -0.1) is 0 Å². The van der Waals surface area contributed by atoms with Crippen molar-refractivity contribution in [1.29, 1.82) is 0 Å². The number of nitrogens with zero attached hydrogens (tertiary/aromatic N) is 3. The molecule has 0 aromatic carbocycles. The Labute approximate surface area is 108 Å². The van der Waals surface area contributed by atoms with Crippen molar-refractivity contribution in [3.63, 3.8) is 0 Å². The van der Waals surface area contributed by atoms with Crippen LogP contribution < -0.4 is 10.2 Å². The number of carbonyl (C=O) groups is 1. The van der Waals surface area contributed by atoms with Crippen LogP contribution in [0.15, 0.2) is 12.4 Å². The average molecular weight is 248 g/mol. The van der Waals surface area contributed by atoms with Gasteiger partial charge in [-0.1, -0.05) is 6.92 Å². The van der Waals surface area contributed by atoms with Crippen LogP contribution in [-0.2, 0) is 11.2 Å². The zero-order valence-corrected chi connectivity index (χ0v) is 11.0. The fraction of sp³-hybridized carbons (Fsp3) is 0.615. The maximum atomic E-state index is 11.1. The van der Waals surface area contributed by atoms with Gasteiger partial charge in [0.1, 0.15) is 0 Å². The number of rotatable bonds is 3. The summed E-state index contributed by atoms with van der Waals surface area (Å²) in [6.07, 6.45) is 6.80. The van der Waals surface area contributed by atoms with E-state index in [4.69, 9.17) is 0 Å². The summed E-state index contributed by atoms with van der Waals surface area (Å²) in [5, 5.41) is 2.97. The molecule has 1 N–H and O–H groups in total. The van der Waals surface area contributed by atoms with E-state index in [9.17, 15) is 4.79 Å². The summed E-state index contributed by atoms with van der Waals surface area (Å²) in [6.45, 7) is 5.41. The number of hydrogen-bond acceptors (Lipinski definition) is 4. The van der Waals surface area contributed by atoms with Gasteiger partial charge in [0.05, 0.1) is 0 Å². The van der Waals surface area contributed by atoms with Crippen LogP contribution >= 0.6 is 0 Å². The van der Waals surface area contributed by atoms with Gasteiger partial charge in [-0.25, -0.2) is 9.97 Å². The molecule has 0 radical (unpaired) electrons. The fourth-order valence-corrected chi connectivity index (χ4v) is 2.26. The molecular formula is C13H20N4O. The Kier molecular flexibility index (Phi) is 4.12. The van der Waals surface area contributed by atoms with Crippen LogP contribution in [0.4, 0.5) is 5.95 Å². The van der Waals surface area contributed by atoms with Gasteiger partial charge in [0.2, 0.25) is 11.9 Å². The van der Waals surface area contributed by atoms with Crippen molar-refractivity contribution in [3.8, 4) is 0 Å². The molecule has 0 spiro atoms. The Morgan fingerprint density at radius 2 is 2.22 bits per heavy atom. The topological polar surface area (TPSA) is 58.1 Å². The lowest BCUT2D eigenvalue weighted by Gasteiger charge is -2.32. The minimum atomic E-state index is 0.0316. The maximum absolute atomic E-state index is 11.1. The molecular weight excluding hydrogens is 228 g/mol. The minimum Gasteiger partial charge on any atom is -0.352 e. The second-order valence-corrected chi connectivity index (χ2v) is 4.73. The van der Waals surface area contributed by atoms with Gasteiger partial charge < -0.3 is 10.2 Å². The molecule has 0 saturated carbocycles. The summed E-state index contributed by atoms with van der Waals surface area (Å²) < 4.78 is 0. The Morgan fingerprint density at radius 1 is 1.50 bits per heavy atom. The number of carbonyl (C=O) groups excluding carboxylic acids is 1. The van der Waals surface area contributed by atoms with Gasteiger partial charge >= 0.3 is 0 Å². The minimum absolute atomic E-state index is 0.0316. The molecule has 0 bridgehead atoms. The molecule has 1 aromatic heterocycles. The number of aryl methyl sites for hydroxylation is 1. The standard InChI is InChI=1S/C13H20N4O/c1-3-11-7-14-13(15-8-11)17-6-4-5-12(9-17)16-10(2)18/h7-8,12H,3-6,9H2,1-2H3,(H,16,18). The smallest absolute Gasteiger partial charge is 0.225 e. The second kappa shape index (κ2) is 5.80. The van der Waals surface area contributed by atoms with Gasteiger partial charge in [-0.2, -0.15) is 0 Å². The van der Waals surface area contributed by atoms with E-state index in [1.807, 2.05) is 12.4 Å². The van der Waals surface area contributed by atoms with Crippen LogP contribution in [-0.4, -0.2) is 35.0 Å². The third-order valence-corrected chi connectivity index (χ3v) is 3.21. The molecule has 1 fully saturated rings. The molecule has 0 aliphatic carbocycles. The molecule has 1 aliphatic rings. The van der Waals surface area contributed by atoms with Crippen LogP contribution in [0.3, 0.4) is 0 Å². The molecule has 1 aliphatic heterocycles. The number of anilines is 1. The maximum Gasteiger partial charge on any atom is 0.225 e. The van der Waals surface area contributed by atoms with Crippen molar-refractivity contribution in [2.45, 2.75) is 39.2 Å². The highest BCUT2D eigenvalue weighted by atomic mass is 16.1. The van der Waals surface area contributed by atoms with Crippen LogP contribution in [0, 0.1) is 0 Å². The van der Waals surface area contributed by atoms with Crippen LogP contribution in [0.1, 0.15) is 32.3 Å². The second-order valence-electron chi connectivity index (χ2n) is 4.73. The van der Waals surface area contributed by atoms with E-state index in [-0.39, 0.29) is 11.9 Å². The molecule has 1 atom stereocenters. The van der Waals surface area contributed by atoms with Gasteiger partial charge in [-0.3, -0.25) is 4.79 Å². The monoisotopic (exact) mass is 248 g/mol. The van der Waals surface area contributed by atoms with E-state index in [1.54, 1.807) is 6.92 Å². The first kappa shape index (κ1) is 12.8. The highest BCUT2D eigenvalue weighted by Gasteiger charge is 2.21. The summed E-state index contributed by atoms with van der Waals surface area (Å²) in [4.78, 5) is 22.0. The van der Waals surface area contributed by atoms with Gasteiger partial charge in [0.15, 0.2) is 0 Å². The first-order chi connectivity index (χ1) is 8.69. The third kappa shape index (κ3) is 3.18. The van der Waals surface area contributed by atoms with Crippen molar-refractivity contribution < 1.29 is 4.79 Å². The first-order valence-electron chi connectivity index (χ1n) is 6.52. The zero-order chi connectivity index (χ0) is 13.0. The van der Waals surface area contributed by atoms with Crippen molar-refractivity contribution >= 4 is 11.9 Å². The number of nitrogens with one attached hydrogen (secondary N) is 1. The molecule has 1 saturated heterocycles. The van der Waals surface area contributed by atoms with E-state index in [1.165, 1.54) is 0 Å². The van der Waals surface area contributed by atoms with Crippen molar-refractivity contribution in [2.75, 3.05) is 18.0 Å². The molecule has 18 heavy (non-hydrogen) atoms. The summed E-state index contributed by atoms with van der Waals surface area (Å²) in [6, 6.07) is 0.214. The largest absolute Gasteiger partial charge is 0.352 e. The Bertz CT molecular complexity index is 404. The molecule has 1 aromatic rings. The Balaban J connectivity index is 2.01.